The van der Waals surface area contributed by atoms with Crippen LogP contribution in [0.1, 0.15) is 73.2 Å². The fourth-order valence-electron chi connectivity index (χ4n) is 8.34. The van der Waals surface area contributed by atoms with Crippen molar-refractivity contribution in [3.05, 3.63) is 123 Å². The zero-order chi connectivity index (χ0) is 36.4. The Labute approximate surface area is 298 Å². The third kappa shape index (κ3) is 5.50. The molecule has 0 amide bonds. The average Bonchev–Trinajstić information content (AvgIpc) is 3.75. The van der Waals surface area contributed by atoms with Crippen molar-refractivity contribution in [2.45, 2.75) is 56.7 Å². The minimum Gasteiger partial charge on any atom is -0.488 e. The largest absolute Gasteiger partial charge is 0.488 e. The van der Waals surface area contributed by atoms with Crippen molar-refractivity contribution in [2.75, 3.05) is 27.7 Å². The van der Waals surface area contributed by atoms with Gasteiger partial charge in [0.05, 0.1) is 11.1 Å². The summed E-state index contributed by atoms with van der Waals surface area (Å²) >= 11 is 0. The van der Waals surface area contributed by atoms with Crippen LogP contribution in [0.4, 0.5) is 13.2 Å². The highest BCUT2D eigenvalue weighted by molar-refractivity contribution is 6.17. The van der Waals surface area contributed by atoms with Gasteiger partial charge in [-0.1, -0.05) is 60.7 Å². The third-order valence-electron chi connectivity index (χ3n) is 10.8. The second kappa shape index (κ2) is 12.9. The summed E-state index contributed by atoms with van der Waals surface area (Å²) in [6.45, 7) is 0.917. The van der Waals surface area contributed by atoms with Gasteiger partial charge >= 0.3 is 6.18 Å². The highest BCUT2D eigenvalue weighted by atomic mass is 19.4. The Bertz CT molecular complexity index is 2080. The van der Waals surface area contributed by atoms with Gasteiger partial charge in [0.25, 0.3) is 5.88 Å². The molecule has 2 unspecified atom stereocenters. The SMILES string of the molecule is CN1CCC1c1cc(OCc2ccccc2)c2c(c1C(F)(F)F)CC1C[C@H]3Cc4onc(OCc5ccccc5)c4C(=O)[C@]34OC4=C1C2=O.CNC. The minimum absolute atomic E-state index is 0.0282. The molecule has 12 heteroatoms. The van der Waals surface area contributed by atoms with Crippen LogP contribution in [0.2, 0.25) is 0 Å². The first-order valence-electron chi connectivity index (χ1n) is 17.5. The fraction of sp³-hybridized carbons (Fsp3) is 0.375. The van der Waals surface area contributed by atoms with Crippen LogP contribution in [-0.4, -0.2) is 54.9 Å². The van der Waals surface area contributed by atoms with Gasteiger partial charge in [0.15, 0.2) is 17.3 Å². The van der Waals surface area contributed by atoms with Crippen LogP contribution in [0.15, 0.2) is 82.6 Å². The van der Waals surface area contributed by atoms with Crippen molar-refractivity contribution in [3.63, 3.8) is 0 Å². The molecule has 1 aromatic heterocycles. The number of hydrogen-bond acceptors (Lipinski definition) is 9. The topological polar surface area (TPSA) is 106 Å². The number of rotatable bonds is 7. The first kappa shape index (κ1) is 34.2. The lowest BCUT2D eigenvalue weighted by Gasteiger charge is -2.41. The monoisotopic (exact) mass is 713 g/mol. The first-order valence-corrected chi connectivity index (χ1v) is 17.5. The van der Waals surface area contributed by atoms with Crippen LogP contribution in [0.3, 0.4) is 0 Å². The third-order valence-corrected chi connectivity index (χ3v) is 10.8. The van der Waals surface area contributed by atoms with Crippen molar-refractivity contribution < 1.29 is 41.5 Å². The summed E-state index contributed by atoms with van der Waals surface area (Å²) in [4.78, 5) is 30.7. The van der Waals surface area contributed by atoms with Gasteiger partial charge in [-0.3, -0.25) is 14.5 Å². The van der Waals surface area contributed by atoms with Crippen LogP contribution >= 0.6 is 0 Å². The van der Waals surface area contributed by atoms with E-state index in [0.717, 1.165) is 11.1 Å². The Balaban J connectivity index is 0.00000125. The summed E-state index contributed by atoms with van der Waals surface area (Å²) in [5, 5.41) is 6.80. The van der Waals surface area contributed by atoms with Gasteiger partial charge in [-0.15, -0.1) is 0 Å². The molecular weight excluding hydrogens is 675 g/mol. The normalized spacial score (nSPS) is 24.2. The number of halogens is 3. The molecule has 2 fully saturated rings. The first-order chi connectivity index (χ1) is 25.1. The second-order valence-corrected chi connectivity index (χ2v) is 14.1. The van der Waals surface area contributed by atoms with Crippen molar-refractivity contribution in [1.82, 2.24) is 15.4 Å². The summed E-state index contributed by atoms with van der Waals surface area (Å²) in [6.07, 6.45) is -3.60. The number of Topliss-reactive ketones (excluding diaryl/α,β-unsaturated/α-hetero) is 2. The zero-order valence-corrected chi connectivity index (χ0v) is 29.0. The molecule has 2 saturated heterocycles. The lowest BCUT2D eigenvalue weighted by Crippen LogP contribution is -2.45. The van der Waals surface area contributed by atoms with E-state index in [4.69, 9.17) is 18.7 Å². The quantitative estimate of drug-likeness (QED) is 0.205. The van der Waals surface area contributed by atoms with Gasteiger partial charge in [-0.05, 0) is 79.8 Å². The maximum Gasteiger partial charge on any atom is 0.417 e. The molecule has 9 nitrogen and oxygen atoms in total. The number of nitrogens with one attached hydrogen (secondary N) is 1. The smallest absolute Gasteiger partial charge is 0.417 e. The van der Waals surface area contributed by atoms with E-state index in [1.165, 1.54) is 6.07 Å². The highest BCUT2D eigenvalue weighted by Gasteiger charge is 2.72. The molecular formula is C40H38F3N3O6. The van der Waals surface area contributed by atoms with Gasteiger partial charge in [-0.25, -0.2) is 0 Å². The number of allylic oxidation sites excluding steroid dienone is 1. The van der Waals surface area contributed by atoms with Crippen molar-refractivity contribution in [2.24, 2.45) is 11.8 Å². The minimum atomic E-state index is -4.70. The van der Waals surface area contributed by atoms with E-state index in [2.05, 4.69) is 10.5 Å². The number of fused-ring (bicyclic) bond motifs is 3. The summed E-state index contributed by atoms with van der Waals surface area (Å²) in [5.74, 6) is -1.22. The summed E-state index contributed by atoms with van der Waals surface area (Å²) in [6, 6.07) is 19.7. The molecule has 3 aromatic carbocycles. The number of carbonyl (C=O) groups excluding carboxylic acids is 2. The number of alkyl halides is 3. The van der Waals surface area contributed by atoms with Gasteiger partial charge in [-0.2, -0.15) is 13.2 Å². The Morgan fingerprint density at radius 2 is 1.62 bits per heavy atom. The van der Waals surface area contributed by atoms with E-state index < -0.39 is 46.8 Å². The van der Waals surface area contributed by atoms with E-state index in [1.807, 2.05) is 79.7 Å². The molecule has 52 heavy (non-hydrogen) atoms. The van der Waals surface area contributed by atoms with Gasteiger partial charge in [0.2, 0.25) is 11.4 Å². The number of hydrogen-bond donors (Lipinski definition) is 1. The maximum absolute atomic E-state index is 15.1. The van der Waals surface area contributed by atoms with Crippen LogP contribution in [0.5, 0.6) is 11.6 Å². The number of ketones is 2. The molecule has 270 valence electrons. The molecule has 5 aliphatic rings. The van der Waals surface area contributed by atoms with Crippen LogP contribution in [0.25, 0.3) is 0 Å². The summed E-state index contributed by atoms with van der Waals surface area (Å²) in [7, 11) is 5.55. The molecule has 9 rings (SSSR count). The number of benzene rings is 3. The fourth-order valence-corrected chi connectivity index (χ4v) is 8.34. The number of epoxide rings is 1. The summed E-state index contributed by atoms with van der Waals surface area (Å²) in [5.41, 5.74) is -0.0233. The Morgan fingerprint density at radius 3 is 2.21 bits per heavy atom. The predicted octanol–water partition coefficient (Wildman–Crippen LogP) is 6.90. The van der Waals surface area contributed by atoms with E-state index >= 15 is 13.2 Å². The molecule has 1 spiro atoms. The predicted molar refractivity (Wildman–Crippen MR) is 183 cm³/mol. The molecule has 4 atom stereocenters. The number of likely N-dealkylation sites (tertiary alicyclic amines) is 1. The van der Waals surface area contributed by atoms with E-state index in [9.17, 15) is 9.59 Å². The van der Waals surface area contributed by atoms with Gasteiger partial charge in [0, 0.05) is 30.5 Å². The van der Waals surface area contributed by atoms with E-state index in [0.29, 0.717) is 18.7 Å². The van der Waals surface area contributed by atoms with Crippen molar-refractivity contribution in [3.8, 4) is 11.6 Å². The van der Waals surface area contributed by atoms with Crippen LogP contribution in [0, 0.1) is 11.8 Å². The lowest BCUT2D eigenvalue weighted by atomic mass is 9.62. The second-order valence-electron chi connectivity index (χ2n) is 14.1. The highest BCUT2D eigenvalue weighted by Crippen LogP contribution is 2.63. The van der Waals surface area contributed by atoms with E-state index in [-0.39, 0.29) is 77.7 Å². The molecule has 3 aliphatic carbocycles. The van der Waals surface area contributed by atoms with Gasteiger partial charge in [0.1, 0.15) is 24.5 Å². The van der Waals surface area contributed by atoms with Crippen molar-refractivity contribution >= 4 is 11.6 Å². The number of aromatic nitrogens is 1. The molecule has 1 N–H and O–H groups in total. The zero-order valence-electron chi connectivity index (χ0n) is 29.0. The number of nitrogens with zero attached hydrogens (tertiary/aromatic N) is 2. The van der Waals surface area contributed by atoms with Crippen LogP contribution < -0.4 is 14.8 Å². The lowest BCUT2D eigenvalue weighted by molar-refractivity contribution is -0.140. The molecule has 2 aliphatic heterocycles. The Morgan fingerprint density at radius 1 is 0.962 bits per heavy atom. The molecule has 4 aromatic rings. The van der Waals surface area contributed by atoms with Crippen molar-refractivity contribution in [1.29, 1.82) is 0 Å². The Hall–Kier alpha value is -4.94. The van der Waals surface area contributed by atoms with E-state index in [1.54, 1.807) is 7.05 Å². The Kier molecular flexibility index (Phi) is 8.49. The van der Waals surface area contributed by atoms with Gasteiger partial charge < -0.3 is 24.1 Å². The molecule has 0 bridgehead atoms. The molecule has 3 heterocycles. The molecule has 0 radical (unpaired) electrons. The number of ether oxygens (including phenoxy) is 3. The molecule has 0 saturated carbocycles. The maximum atomic E-state index is 15.1. The standard InChI is InChI=1S/C38H31F3N2O6.C2H7N/c1-43-13-12-26(43)24-17-27(46-18-20-8-4-2-5-9-20)30-25(32(24)38(39,40)41)15-22-14-23-16-28-31(34(45)37(23)35(48-37)29(22)33(30)44)36(42-49-28)47-19-21-10-6-3-7-11-21;1-3-2/h2-11,17,22-23,26H,12-16,18-19H2,1H3;3H,1-2H3/t22?,23-,26?,37+;/m0./s1. The number of carbonyl (C=O) groups is 2. The average molecular weight is 714 g/mol. The summed E-state index contributed by atoms with van der Waals surface area (Å²) < 4.78 is 69.1. The van der Waals surface area contributed by atoms with Crippen LogP contribution in [-0.2, 0) is 37.0 Å².